The Bertz CT molecular complexity index is 1530. The van der Waals surface area contributed by atoms with Crippen LogP contribution in [0.15, 0.2) is 71.6 Å². The molecule has 1 saturated carbocycles. The fourth-order valence-corrected chi connectivity index (χ4v) is 7.48. The van der Waals surface area contributed by atoms with Gasteiger partial charge in [-0.05, 0) is 67.3 Å². The Kier molecular flexibility index (Phi) is 11.6. The van der Waals surface area contributed by atoms with Crippen molar-refractivity contribution in [3.8, 4) is 0 Å². The summed E-state index contributed by atoms with van der Waals surface area (Å²) in [5.41, 5.74) is 0.749. The summed E-state index contributed by atoms with van der Waals surface area (Å²) in [4.78, 5) is 29.3. The monoisotopic (exact) mass is 683 g/mol. The summed E-state index contributed by atoms with van der Waals surface area (Å²) in [6.07, 6.45) is 5.25. The van der Waals surface area contributed by atoms with Crippen LogP contribution in [0.25, 0.3) is 0 Å². The number of nitrogens with zero attached hydrogens (tertiary/aromatic N) is 2. The lowest BCUT2D eigenvalue weighted by Gasteiger charge is -2.34. The Morgan fingerprint density at radius 2 is 1.53 bits per heavy atom. The number of anilines is 1. The lowest BCUT2D eigenvalue weighted by Crippen LogP contribution is -2.54. The van der Waals surface area contributed by atoms with E-state index in [1.807, 2.05) is 6.92 Å². The number of hydrogen-bond acceptors (Lipinski definition) is 4. The lowest BCUT2D eigenvalue weighted by molar-refractivity contribution is -0.140. The second kappa shape index (κ2) is 15.0. The van der Waals surface area contributed by atoms with Crippen LogP contribution in [0.1, 0.15) is 51.0 Å². The van der Waals surface area contributed by atoms with E-state index in [1.165, 1.54) is 35.2 Å². The third kappa shape index (κ3) is 8.58. The van der Waals surface area contributed by atoms with Crippen LogP contribution in [0.4, 0.5) is 5.69 Å². The molecule has 1 aliphatic carbocycles. The highest BCUT2D eigenvalue weighted by Gasteiger charge is 2.34. The van der Waals surface area contributed by atoms with Crippen molar-refractivity contribution >= 4 is 73.9 Å². The van der Waals surface area contributed by atoms with E-state index in [2.05, 4.69) is 5.32 Å². The molecular formula is C31H33Cl4N3O4S. The Hall–Kier alpha value is -2.49. The molecule has 2 amide bonds. The van der Waals surface area contributed by atoms with Crippen LogP contribution in [0, 0.1) is 0 Å². The first-order valence-electron chi connectivity index (χ1n) is 14.1. The van der Waals surface area contributed by atoms with E-state index < -0.39 is 28.5 Å². The van der Waals surface area contributed by atoms with Gasteiger partial charge in [-0.2, -0.15) is 0 Å². The van der Waals surface area contributed by atoms with Crippen molar-refractivity contribution in [1.29, 1.82) is 0 Å². The molecule has 0 unspecified atom stereocenters. The van der Waals surface area contributed by atoms with Crippen LogP contribution in [0.3, 0.4) is 0 Å². The molecule has 1 fully saturated rings. The van der Waals surface area contributed by atoms with E-state index in [1.54, 1.807) is 36.4 Å². The number of sulfonamides is 1. The van der Waals surface area contributed by atoms with Crippen LogP contribution in [-0.2, 0) is 26.2 Å². The summed E-state index contributed by atoms with van der Waals surface area (Å²) < 4.78 is 28.9. The van der Waals surface area contributed by atoms with Crippen molar-refractivity contribution in [2.75, 3.05) is 10.8 Å². The van der Waals surface area contributed by atoms with E-state index >= 15 is 0 Å². The number of hydrogen-bond donors (Lipinski definition) is 1. The van der Waals surface area contributed by atoms with Crippen molar-refractivity contribution in [3.63, 3.8) is 0 Å². The molecule has 43 heavy (non-hydrogen) atoms. The molecule has 230 valence electrons. The first kappa shape index (κ1) is 33.4. The number of rotatable bonds is 11. The molecule has 1 N–H and O–H groups in total. The second-order valence-electron chi connectivity index (χ2n) is 10.5. The minimum absolute atomic E-state index is 0.00183. The molecule has 3 aromatic carbocycles. The van der Waals surface area contributed by atoms with E-state index in [-0.39, 0.29) is 39.1 Å². The average molecular weight is 686 g/mol. The van der Waals surface area contributed by atoms with Crippen molar-refractivity contribution in [1.82, 2.24) is 10.2 Å². The van der Waals surface area contributed by atoms with Crippen LogP contribution < -0.4 is 9.62 Å². The van der Waals surface area contributed by atoms with Gasteiger partial charge in [-0.1, -0.05) is 96.9 Å². The Morgan fingerprint density at radius 1 is 0.884 bits per heavy atom. The zero-order chi connectivity index (χ0) is 31.1. The highest BCUT2D eigenvalue weighted by atomic mass is 35.5. The smallest absolute Gasteiger partial charge is 0.264 e. The molecule has 1 aliphatic rings. The fraction of sp³-hybridized carbons (Fsp3) is 0.355. The van der Waals surface area contributed by atoms with Gasteiger partial charge >= 0.3 is 0 Å². The first-order chi connectivity index (χ1) is 20.5. The first-order valence-corrected chi connectivity index (χ1v) is 17.0. The summed E-state index contributed by atoms with van der Waals surface area (Å²) in [6.45, 7) is 1.21. The summed E-state index contributed by atoms with van der Waals surface area (Å²) in [7, 11) is -4.25. The molecule has 0 radical (unpaired) electrons. The van der Waals surface area contributed by atoms with Crippen LogP contribution in [0.2, 0.25) is 20.1 Å². The maximum atomic E-state index is 14.2. The van der Waals surface area contributed by atoms with Gasteiger partial charge in [0.05, 0.1) is 20.6 Å². The van der Waals surface area contributed by atoms with Crippen molar-refractivity contribution in [2.24, 2.45) is 0 Å². The molecule has 0 aliphatic heterocycles. The number of halogens is 4. The zero-order valence-corrected chi connectivity index (χ0v) is 27.5. The van der Waals surface area contributed by atoms with Crippen LogP contribution in [0.5, 0.6) is 0 Å². The van der Waals surface area contributed by atoms with Gasteiger partial charge in [0, 0.05) is 22.6 Å². The molecule has 12 heteroatoms. The molecule has 7 nitrogen and oxygen atoms in total. The third-order valence-electron chi connectivity index (χ3n) is 7.42. The molecule has 1 atom stereocenters. The number of benzene rings is 3. The molecule has 4 rings (SSSR count). The van der Waals surface area contributed by atoms with Gasteiger partial charge in [0.25, 0.3) is 10.0 Å². The van der Waals surface area contributed by atoms with Crippen molar-refractivity contribution in [2.45, 2.75) is 69.0 Å². The lowest BCUT2D eigenvalue weighted by atomic mass is 9.95. The molecule has 3 aromatic rings. The normalized spacial score (nSPS) is 14.6. The zero-order valence-electron chi connectivity index (χ0n) is 23.6. The Morgan fingerprint density at radius 3 is 2.14 bits per heavy atom. The molecular weight excluding hydrogens is 652 g/mol. The average Bonchev–Trinajstić information content (AvgIpc) is 2.98. The maximum Gasteiger partial charge on any atom is 0.264 e. The van der Waals surface area contributed by atoms with Gasteiger partial charge in [-0.3, -0.25) is 13.9 Å². The van der Waals surface area contributed by atoms with Crippen LogP contribution >= 0.6 is 46.4 Å². The van der Waals surface area contributed by atoms with Crippen LogP contribution in [-0.4, -0.2) is 43.8 Å². The van der Waals surface area contributed by atoms with E-state index in [0.717, 1.165) is 36.4 Å². The predicted octanol–water partition coefficient (Wildman–Crippen LogP) is 7.75. The number of carbonyl (C=O) groups excluding carboxylic acids is 2. The summed E-state index contributed by atoms with van der Waals surface area (Å²) in [5, 5.41) is 4.18. The third-order valence-corrected chi connectivity index (χ3v) is 10.4. The van der Waals surface area contributed by atoms with E-state index in [4.69, 9.17) is 46.4 Å². The molecule has 0 saturated heterocycles. The number of nitrogens with one attached hydrogen (secondary N) is 1. The SMILES string of the molecule is CC[C@@H](C(=O)NC1CCCCC1)N(Cc1ccc(Cl)c(Cl)c1)C(=O)CN(c1cc(Cl)cc(Cl)c1)S(=O)(=O)c1ccccc1. The quantitative estimate of drug-likeness (QED) is 0.224. The van der Waals surface area contributed by atoms with E-state index in [0.29, 0.717) is 22.0 Å². The van der Waals surface area contributed by atoms with Gasteiger partial charge in [0.1, 0.15) is 12.6 Å². The Labute approximate surface area is 273 Å². The topological polar surface area (TPSA) is 86.8 Å². The predicted molar refractivity (Wildman–Crippen MR) is 174 cm³/mol. The highest BCUT2D eigenvalue weighted by molar-refractivity contribution is 7.92. The van der Waals surface area contributed by atoms with Gasteiger partial charge in [0.2, 0.25) is 11.8 Å². The summed E-state index contributed by atoms with van der Waals surface area (Å²) >= 11 is 24.9. The second-order valence-corrected chi connectivity index (χ2v) is 14.0. The fourth-order valence-electron chi connectivity index (χ4n) is 5.23. The minimum Gasteiger partial charge on any atom is -0.352 e. The minimum atomic E-state index is -4.25. The number of carbonyl (C=O) groups is 2. The van der Waals surface area contributed by atoms with Crippen molar-refractivity contribution < 1.29 is 18.0 Å². The maximum absolute atomic E-state index is 14.2. The Balaban J connectivity index is 1.73. The largest absolute Gasteiger partial charge is 0.352 e. The summed E-state index contributed by atoms with van der Waals surface area (Å²) in [6, 6.07) is 16.2. The highest BCUT2D eigenvalue weighted by Crippen LogP contribution is 2.31. The molecule has 0 spiro atoms. The summed E-state index contributed by atoms with van der Waals surface area (Å²) in [5.74, 6) is -0.876. The standard InChI is InChI=1S/C31H33Cl4N3O4S/c1-2-29(31(40)36-24-9-5-3-6-10-24)37(19-21-13-14-27(34)28(35)15-21)30(39)20-38(25-17-22(32)16-23(33)18-25)43(41,42)26-11-7-4-8-12-26/h4,7-8,11-18,24,29H,2-3,5-6,9-10,19-20H2,1H3,(H,36,40)/t29-/m0/s1. The van der Waals surface area contributed by atoms with Gasteiger partial charge < -0.3 is 10.2 Å². The molecule has 0 aromatic heterocycles. The van der Waals surface area contributed by atoms with Crippen molar-refractivity contribution in [3.05, 3.63) is 92.4 Å². The molecule has 0 bridgehead atoms. The molecule has 0 heterocycles. The van der Waals surface area contributed by atoms with Gasteiger partial charge in [-0.15, -0.1) is 0 Å². The van der Waals surface area contributed by atoms with Gasteiger partial charge in [0.15, 0.2) is 0 Å². The number of amides is 2. The van der Waals surface area contributed by atoms with Gasteiger partial charge in [-0.25, -0.2) is 8.42 Å². The van der Waals surface area contributed by atoms with E-state index in [9.17, 15) is 18.0 Å².